The van der Waals surface area contributed by atoms with Gasteiger partial charge < -0.3 is 0 Å². The second-order valence-corrected chi connectivity index (χ2v) is 7.84. The first kappa shape index (κ1) is 12.0. The van der Waals surface area contributed by atoms with Crippen molar-refractivity contribution < 1.29 is 13.2 Å². The molecule has 0 saturated carbocycles. The Labute approximate surface area is 89.6 Å². The van der Waals surface area contributed by atoms with Crippen LogP contribution in [0.15, 0.2) is 0 Å². The van der Waals surface area contributed by atoms with Gasteiger partial charge in [-0.25, -0.2) is 8.42 Å². The molecule has 0 aromatic carbocycles. The largest absolute Gasteiger partial charge is 0.298 e. The van der Waals surface area contributed by atoms with Gasteiger partial charge >= 0.3 is 0 Å². The van der Waals surface area contributed by atoms with E-state index in [0.717, 1.165) is 18.6 Å². The smallest absolute Gasteiger partial charge is 0.149 e. The number of sulfone groups is 1. The topological polar surface area (TPSA) is 51.2 Å². The molecule has 1 heterocycles. The Morgan fingerprint density at radius 3 is 2.57 bits per heavy atom. The lowest BCUT2D eigenvalue weighted by Gasteiger charge is -2.20. The van der Waals surface area contributed by atoms with E-state index in [4.69, 9.17) is 0 Å². The van der Waals surface area contributed by atoms with Gasteiger partial charge in [0, 0.05) is 12.7 Å². The Hall–Kier alpha value is -0.0300. The van der Waals surface area contributed by atoms with Crippen LogP contribution in [-0.4, -0.2) is 36.7 Å². The first-order valence-corrected chi connectivity index (χ1v) is 7.73. The molecule has 0 spiro atoms. The summed E-state index contributed by atoms with van der Waals surface area (Å²) in [7, 11) is -3.01. The van der Waals surface area contributed by atoms with Crippen LogP contribution >= 0.6 is 11.8 Å². The molecule has 1 aliphatic rings. The van der Waals surface area contributed by atoms with Crippen molar-refractivity contribution in [2.75, 3.05) is 17.8 Å². The zero-order valence-electron chi connectivity index (χ0n) is 8.58. The summed E-state index contributed by atoms with van der Waals surface area (Å²) in [6.07, 6.45) is 3.29. The third-order valence-electron chi connectivity index (χ3n) is 2.51. The van der Waals surface area contributed by atoms with Crippen LogP contribution in [0.3, 0.4) is 0 Å². The zero-order chi connectivity index (χ0) is 10.8. The number of thioether (sulfide) groups is 1. The Bertz CT molecular complexity index is 313. The molecule has 3 nitrogen and oxygen atoms in total. The predicted molar refractivity (Wildman–Crippen MR) is 59.4 cm³/mol. The molecule has 1 aliphatic heterocycles. The van der Waals surface area contributed by atoms with E-state index in [1.54, 1.807) is 11.8 Å². The molecule has 1 unspecified atom stereocenters. The van der Waals surface area contributed by atoms with E-state index in [9.17, 15) is 13.2 Å². The number of hydrogen-bond donors (Lipinski definition) is 0. The molecule has 0 aromatic rings. The van der Waals surface area contributed by atoms with Gasteiger partial charge in [0.1, 0.15) is 15.6 Å². The highest BCUT2D eigenvalue weighted by atomic mass is 32.2. The van der Waals surface area contributed by atoms with Gasteiger partial charge in [0.05, 0.1) is 10.5 Å². The number of carbonyl (C=O) groups excluding carboxylic acids is 1. The minimum Gasteiger partial charge on any atom is -0.298 e. The van der Waals surface area contributed by atoms with Gasteiger partial charge in [-0.1, -0.05) is 0 Å². The lowest BCUT2D eigenvalue weighted by molar-refractivity contribution is -0.120. The molecular weight excluding hydrogens is 220 g/mol. The molecule has 0 bridgehead atoms. The summed E-state index contributed by atoms with van der Waals surface area (Å²) < 4.78 is 21.5. The third kappa shape index (κ3) is 3.28. The Kier molecular flexibility index (Phi) is 3.63. The van der Waals surface area contributed by atoms with Gasteiger partial charge in [-0.05, 0) is 25.5 Å². The Balaban J connectivity index is 2.50. The van der Waals surface area contributed by atoms with Crippen LogP contribution in [-0.2, 0) is 14.6 Å². The lowest BCUT2D eigenvalue weighted by Crippen LogP contribution is -2.30. The number of ketones is 1. The van der Waals surface area contributed by atoms with Crippen LogP contribution < -0.4 is 0 Å². The highest BCUT2D eigenvalue weighted by Crippen LogP contribution is 2.39. The van der Waals surface area contributed by atoms with Crippen LogP contribution in [0.4, 0.5) is 0 Å². The SMILES string of the molecule is CC1(C(=O)CCS(C)(=O)=O)CCCS1. The van der Waals surface area contributed by atoms with Gasteiger partial charge in [0.25, 0.3) is 0 Å². The Morgan fingerprint density at radius 1 is 1.50 bits per heavy atom. The van der Waals surface area contributed by atoms with Crippen molar-refractivity contribution >= 4 is 27.4 Å². The van der Waals surface area contributed by atoms with Crippen molar-refractivity contribution in [2.24, 2.45) is 0 Å². The van der Waals surface area contributed by atoms with Crippen molar-refractivity contribution in [1.82, 2.24) is 0 Å². The summed E-state index contributed by atoms with van der Waals surface area (Å²) in [5.74, 6) is 1.09. The van der Waals surface area contributed by atoms with E-state index in [2.05, 4.69) is 0 Å². The molecule has 14 heavy (non-hydrogen) atoms. The fourth-order valence-corrected chi connectivity index (χ4v) is 3.39. The monoisotopic (exact) mass is 236 g/mol. The van der Waals surface area contributed by atoms with Crippen molar-refractivity contribution in [2.45, 2.75) is 30.9 Å². The van der Waals surface area contributed by atoms with Crippen molar-refractivity contribution in [3.63, 3.8) is 0 Å². The molecule has 1 atom stereocenters. The van der Waals surface area contributed by atoms with Gasteiger partial charge in [-0.3, -0.25) is 4.79 Å². The minimum absolute atomic E-state index is 0.0119. The normalized spacial score (nSPS) is 27.9. The maximum atomic E-state index is 11.7. The number of rotatable bonds is 4. The van der Waals surface area contributed by atoms with Crippen molar-refractivity contribution in [1.29, 1.82) is 0 Å². The van der Waals surface area contributed by atoms with E-state index in [0.29, 0.717) is 0 Å². The van der Waals surface area contributed by atoms with Crippen LogP contribution in [0, 0.1) is 0 Å². The highest BCUT2D eigenvalue weighted by Gasteiger charge is 2.36. The summed E-state index contributed by atoms with van der Waals surface area (Å²) >= 11 is 1.66. The molecule has 1 rings (SSSR count). The van der Waals surface area contributed by atoms with E-state index in [1.165, 1.54) is 6.26 Å². The average Bonchev–Trinajstić information content (AvgIpc) is 2.48. The number of Topliss-reactive ketones (excluding diaryl/α,β-unsaturated/α-hetero) is 1. The van der Waals surface area contributed by atoms with Gasteiger partial charge in [-0.2, -0.15) is 0 Å². The minimum atomic E-state index is -3.01. The molecule has 0 aliphatic carbocycles. The van der Waals surface area contributed by atoms with Gasteiger partial charge in [0.15, 0.2) is 0 Å². The molecule has 0 aromatic heterocycles. The molecule has 0 amide bonds. The highest BCUT2D eigenvalue weighted by molar-refractivity contribution is 8.01. The third-order valence-corrected chi connectivity index (χ3v) is 5.02. The number of hydrogen-bond acceptors (Lipinski definition) is 4. The van der Waals surface area contributed by atoms with Crippen LogP contribution in [0.25, 0.3) is 0 Å². The van der Waals surface area contributed by atoms with Gasteiger partial charge in [0.2, 0.25) is 0 Å². The second kappa shape index (κ2) is 4.23. The molecule has 82 valence electrons. The van der Waals surface area contributed by atoms with Crippen molar-refractivity contribution in [3.8, 4) is 0 Å². The van der Waals surface area contributed by atoms with Crippen molar-refractivity contribution in [3.05, 3.63) is 0 Å². The summed E-state index contributed by atoms with van der Waals surface area (Å²) in [4.78, 5) is 11.7. The van der Waals surface area contributed by atoms with Gasteiger partial charge in [-0.15, -0.1) is 11.8 Å². The molecule has 5 heteroatoms. The van der Waals surface area contributed by atoms with E-state index in [1.807, 2.05) is 6.92 Å². The quantitative estimate of drug-likeness (QED) is 0.738. The summed E-state index contributed by atoms with van der Waals surface area (Å²) in [6.45, 7) is 1.93. The fraction of sp³-hybridized carbons (Fsp3) is 0.889. The van der Waals surface area contributed by atoms with E-state index < -0.39 is 9.84 Å². The zero-order valence-corrected chi connectivity index (χ0v) is 10.2. The van der Waals surface area contributed by atoms with Crippen LogP contribution in [0.1, 0.15) is 26.2 Å². The first-order chi connectivity index (χ1) is 6.33. The molecule has 1 saturated heterocycles. The van der Waals surface area contributed by atoms with E-state index >= 15 is 0 Å². The standard InChI is InChI=1S/C9H16O3S2/c1-9(5-3-6-13-9)8(10)4-7-14(2,11)12/h3-7H2,1-2H3. The van der Waals surface area contributed by atoms with Crippen LogP contribution in [0.5, 0.6) is 0 Å². The fourth-order valence-electron chi connectivity index (χ4n) is 1.54. The second-order valence-electron chi connectivity index (χ2n) is 3.99. The molecule has 0 N–H and O–H groups in total. The maximum absolute atomic E-state index is 11.7. The first-order valence-electron chi connectivity index (χ1n) is 4.68. The van der Waals surface area contributed by atoms with Crippen LogP contribution in [0.2, 0.25) is 0 Å². The van der Waals surface area contributed by atoms with E-state index in [-0.39, 0.29) is 22.7 Å². The predicted octanol–water partition coefficient (Wildman–Crippen LogP) is 1.28. The lowest BCUT2D eigenvalue weighted by atomic mass is 9.99. The molecular formula is C9H16O3S2. The number of carbonyl (C=O) groups is 1. The summed E-state index contributed by atoms with van der Waals surface area (Å²) in [5, 5.41) is 0. The average molecular weight is 236 g/mol. The maximum Gasteiger partial charge on any atom is 0.149 e. The molecule has 0 radical (unpaired) electrons. The molecule has 1 fully saturated rings. The summed E-state index contributed by atoms with van der Waals surface area (Å²) in [6, 6.07) is 0. The Morgan fingerprint density at radius 2 is 2.14 bits per heavy atom. The summed E-state index contributed by atoms with van der Waals surface area (Å²) in [5.41, 5.74) is 0.